The number of carbonyl (C=O) groups excluding carboxylic acids is 2. The number of thiophene rings is 1. The topological polar surface area (TPSA) is 118 Å². The minimum absolute atomic E-state index is 0.148. The van der Waals surface area contributed by atoms with E-state index in [2.05, 4.69) is 15.4 Å². The van der Waals surface area contributed by atoms with E-state index in [-0.39, 0.29) is 40.2 Å². The number of sulfonamides is 1. The molecule has 0 bridgehead atoms. The van der Waals surface area contributed by atoms with Crippen LogP contribution in [-0.2, 0) is 10.0 Å². The molecular formula is C22H19N3O5S2. The maximum Gasteiger partial charge on any atom is 0.287 e. The van der Waals surface area contributed by atoms with Gasteiger partial charge in [-0.1, -0.05) is 30.3 Å². The first-order valence-electron chi connectivity index (χ1n) is 9.63. The molecule has 0 unspecified atom stereocenters. The summed E-state index contributed by atoms with van der Waals surface area (Å²) in [5.74, 6) is -0.678. The van der Waals surface area contributed by atoms with E-state index in [4.69, 9.17) is 4.42 Å². The highest BCUT2D eigenvalue weighted by Gasteiger charge is 2.20. The smallest absolute Gasteiger partial charge is 0.287 e. The van der Waals surface area contributed by atoms with Crippen LogP contribution >= 0.6 is 11.3 Å². The minimum Gasteiger partial charge on any atom is -0.459 e. The predicted octanol–water partition coefficient (Wildman–Crippen LogP) is 3.45. The van der Waals surface area contributed by atoms with Gasteiger partial charge in [0, 0.05) is 13.1 Å². The molecule has 0 spiro atoms. The highest BCUT2D eigenvalue weighted by molar-refractivity contribution is 7.94. The second-order valence-corrected chi connectivity index (χ2v) is 9.63. The molecule has 0 saturated carbocycles. The molecule has 164 valence electrons. The van der Waals surface area contributed by atoms with Crippen molar-refractivity contribution in [2.75, 3.05) is 17.8 Å². The van der Waals surface area contributed by atoms with Crippen molar-refractivity contribution in [3.05, 3.63) is 83.6 Å². The van der Waals surface area contributed by atoms with Crippen molar-refractivity contribution < 1.29 is 22.4 Å². The van der Waals surface area contributed by atoms with Crippen LogP contribution in [0.1, 0.15) is 20.9 Å². The van der Waals surface area contributed by atoms with Gasteiger partial charge in [-0.05, 0) is 46.5 Å². The molecule has 2 heterocycles. The molecule has 32 heavy (non-hydrogen) atoms. The lowest BCUT2D eigenvalue weighted by Crippen LogP contribution is -2.35. The van der Waals surface area contributed by atoms with Gasteiger partial charge in [-0.2, -0.15) is 0 Å². The SMILES string of the molecule is O=C(NCCNC(=O)c1cc2ccccc2cc1NS(=O)(=O)c1cccs1)c1ccco1. The van der Waals surface area contributed by atoms with Crippen LogP contribution in [0.4, 0.5) is 5.69 Å². The maximum absolute atomic E-state index is 12.9. The summed E-state index contributed by atoms with van der Waals surface area (Å²) >= 11 is 1.09. The first kappa shape index (κ1) is 21.6. The molecule has 10 heteroatoms. The lowest BCUT2D eigenvalue weighted by atomic mass is 10.0. The standard InChI is InChI=1S/C22H19N3O5S2/c26-21(23-9-10-24-22(27)19-7-3-11-30-19)17-13-15-5-1-2-6-16(15)14-18(17)25-32(28,29)20-8-4-12-31-20/h1-8,11-14,25H,9-10H2,(H,23,26)(H,24,27). The Kier molecular flexibility index (Phi) is 6.24. The molecule has 3 N–H and O–H groups in total. The molecule has 0 saturated heterocycles. The fourth-order valence-corrected chi connectivity index (χ4v) is 5.13. The van der Waals surface area contributed by atoms with Gasteiger partial charge in [0.15, 0.2) is 5.76 Å². The Morgan fingerprint density at radius 2 is 1.59 bits per heavy atom. The summed E-state index contributed by atoms with van der Waals surface area (Å²) in [5, 5.41) is 8.60. The fraction of sp³-hybridized carbons (Fsp3) is 0.0909. The van der Waals surface area contributed by atoms with Crippen LogP contribution in [0.15, 0.2) is 80.9 Å². The monoisotopic (exact) mass is 469 g/mol. The van der Waals surface area contributed by atoms with Crippen molar-refractivity contribution in [3.63, 3.8) is 0 Å². The van der Waals surface area contributed by atoms with Crippen LogP contribution in [-0.4, -0.2) is 33.3 Å². The van der Waals surface area contributed by atoms with E-state index in [0.717, 1.165) is 22.1 Å². The second-order valence-electron chi connectivity index (χ2n) is 6.77. The minimum atomic E-state index is -3.84. The summed E-state index contributed by atoms with van der Waals surface area (Å²) in [4.78, 5) is 24.8. The van der Waals surface area contributed by atoms with Crippen LogP contribution in [0.2, 0.25) is 0 Å². The zero-order valence-corrected chi connectivity index (χ0v) is 18.3. The Bertz CT molecular complexity index is 1350. The van der Waals surface area contributed by atoms with Crippen molar-refractivity contribution >= 4 is 49.6 Å². The molecule has 2 amide bonds. The van der Waals surface area contributed by atoms with Crippen molar-refractivity contribution in [2.24, 2.45) is 0 Å². The number of furan rings is 1. The van der Waals surface area contributed by atoms with E-state index >= 15 is 0 Å². The van der Waals surface area contributed by atoms with E-state index in [1.165, 1.54) is 18.4 Å². The van der Waals surface area contributed by atoms with Crippen molar-refractivity contribution in [3.8, 4) is 0 Å². The van der Waals surface area contributed by atoms with Gasteiger partial charge in [0.2, 0.25) is 0 Å². The molecule has 0 radical (unpaired) electrons. The number of fused-ring (bicyclic) bond motifs is 1. The third kappa shape index (κ3) is 4.82. The van der Waals surface area contributed by atoms with Gasteiger partial charge >= 0.3 is 0 Å². The van der Waals surface area contributed by atoms with E-state index in [1.807, 2.05) is 24.3 Å². The van der Waals surface area contributed by atoms with Gasteiger partial charge in [0.1, 0.15) is 4.21 Å². The molecule has 0 atom stereocenters. The Balaban J connectivity index is 1.51. The van der Waals surface area contributed by atoms with Crippen molar-refractivity contribution in [1.29, 1.82) is 0 Å². The van der Waals surface area contributed by atoms with E-state index < -0.39 is 15.9 Å². The maximum atomic E-state index is 12.9. The molecule has 4 rings (SSSR count). The Morgan fingerprint density at radius 3 is 2.25 bits per heavy atom. The molecule has 8 nitrogen and oxygen atoms in total. The third-order valence-electron chi connectivity index (χ3n) is 4.58. The highest BCUT2D eigenvalue weighted by Crippen LogP contribution is 2.27. The average Bonchev–Trinajstić information content (AvgIpc) is 3.50. The number of amides is 2. The summed E-state index contributed by atoms with van der Waals surface area (Å²) < 4.78 is 33.2. The first-order valence-corrected chi connectivity index (χ1v) is 12.0. The Morgan fingerprint density at radius 1 is 0.875 bits per heavy atom. The number of hydrogen-bond donors (Lipinski definition) is 3. The summed E-state index contributed by atoms with van der Waals surface area (Å²) in [6, 6.07) is 16.9. The third-order valence-corrected chi connectivity index (χ3v) is 7.34. The van der Waals surface area contributed by atoms with Gasteiger partial charge in [-0.3, -0.25) is 14.3 Å². The van der Waals surface area contributed by atoms with Gasteiger partial charge in [-0.25, -0.2) is 8.42 Å². The van der Waals surface area contributed by atoms with E-state index in [0.29, 0.717) is 0 Å². The normalized spacial score (nSPS) is 11.2. The van der Waals surface area contributed by atoms with Gasteiger partial charge < -0.3 is 15.1 Å². The highest BCUT2D eigenvalue weighted by atomic mass is 32.2. The lowest BCUT2D eigenvalue weighted by Gasteiger charge is -2.14. The fourth-order valence-electron chi connectivity index (χ4n) is 3.07. The number of rotatable bonds is 8. The average molecular weight is 470 g/mol. The second kappa shape index (κ2) is 9.25. The van der Waals surface area contributed by atoms with Crippen LogP contribution < -0.4 is 15.4 Å². The summed E-state index contributed by atoms with van der Waals surface area (Å²) in [7, 11) is -3.84. The zero-order valence-electron chi connectivity index (χ0n) is 16.7. The Hall–Kier alpha value is -3.63. The van der Waals surface area contributed by atoms with Gasteiger partial charge in [0.05, 0.1) is 17.5 Å². The first-order chi connectivity index (χ1) is 15.4. The summed E-state index contributed by atoms with van der Waals surface area (Å²) in [5.41, 5.74) is 0.357. The largest absolute Gasteiger partial charge is 0.459 e. The quantitative estimate of drug-likeness (QED) is 0.342. The molecule has 0 aliphatic carbocycles. The van der Waals surface area contributed by atoms with Crippen LogP contribution in [0, 0.1) is 0 Å². The lowest BCUT2D eigenvalue weighted by molar-refractivity contribution is 0.0911. The number of nitrogens with one attached hydrogen (secondary N) is 3. The van der Waals surface area contributed by atoms with Crippen LogP contribution in [0.3, 0.4) is 0 Å². The molecule has 0 aliphatic rings. The number of carbonyl (C=O) groups is 2. The van der Waals surface area contributed by atoms with Crippen molar-refractivity contribution in [1.82, 2.24) is 10.6 Å². The van der Waals surface area contributed by atoms with Crippen LogP contribution in [0.25, 0.3) is 10.8 Å². The zero-order chi connectivity index (χ0) is 22.6. The summed E-state index contributed by atoms with van der Waals surface area (Å²) in [6.45, 7) is 0.324. The molecular weight excluding hydrogens is 450 g/mol. The number of anilines is 1. The van der Waals surface area contributed by atoms with Gasteiger partial charge in [-0.15, -0.1) is 11.3 Å². The molecule has 2 aromatic heterocycles. The van der Waals surface area contributed by atoms with Gasteiger partial charge in [0.25, 0.3) is 21.8 Å². The van der Waals surface area contributed by atoms with Crippen molar-refractivity contribution in [2.45, 2.75) is 4.21 Å². The Labute approximate surface area is 188 Å². The molecule has 0 aliphatic heterocycles. The van der Waals surface area contributed by atoms with E-state index in [1.54, 1.807) is 29.6 Å². The number of benzene rings is 2. The predicted molar refractivity (Wildman–Crippen MR) is 122 cm³/mol. The van der Waals surface area contributed by atoms with Crippen LogP contribution in [0.5, 0.6) is 0 Å². The van der Waals surface area contributed by atoms with E-state index in [9.17, 15) is 18.0 Å². The summed E-state index contributed by atoms with van der Waals surface area (Å²) in [6.07, 6.45) is 1.40. The molecule has 0 fully saturated rings. The molecule has 4 aromatic rings. The number of hydrogen-bond acceptors (Lipinski definition) is 6. The molecule has 2 aromatic carbocycles.